The molecular formula is C20H18N4O3S2. The fourth-order valence-electron chi connectivity index (χ4n) is 2.83. The van der Waals surface area contributed by atoms with Crippen molar-refractivity contribution in [1.82, 2.24) is 14.6 Å². The van der Waals surface area contributed by atoms with E-state index < -0.39 is 15.3 Å². The molecule has 3 aromatic heterocycles. The smallest absolute Gasteiger partial charge is 0.235 e. The summed E-state index contributed by atoms with van der Waals surface area (Å²) in [6.07, 6.45) is 3.13. The van der Waals surface area contributed by atoms with Crippen molar-refractivity contribution in [3.05, 3.63) is 70.7 Å². The van der Waals surface area contributed by atoms with Crippen LogP contribution in [0.1, 0.15) is 29.1 Å². The Kier molecular flexibility index (Phi) is 4.93. The van der Waals surface area contributed by atoms with Gasteiger partial charge in [-0.05, 0) is 43.5 Å². The van der Waals surface area contributed by atoms with Crippen LogP contribution in [-0.2, 0) is 10.0 Å². The molecule has 0 fully saturated rings. The number of nitrogens with zero attached hydrogens (tertiary/aromatic N) is 3. The van der Waals surface area contributed by atoms with Gasteiger partial charge in [-0.15, -0.1) is 11.3 Å². The number of hydrogen-bond acceptors (Lipinski definition) is 6. The summed E-state index contributed by atoms with van der Waals surface area (Å²) in [5, 5.41) is 5.66. The maximum Gasteiger partial charge on any atom is 0.235 e. The predicted molar refractivity (Wildman–Crippen MR) is 114 cm³/mol. The highest BCUT2D eigenvalue weighted by Gasteiger charge is 2.19. The number of carbonyl (C=O) groups is 1. The number of anilines is 1. The SMILES string of the molecule is CC(C)S(=O)(=O)Nc1cccc(-c2ccnc3c(C(=O)c4cccs4)cnn23)c1. The predicted octanol–water partition coefficient (Wildman–Crippen LogP) is 3.84. The van der Waals surface area contributed by atoms with Gasteiger partial charge in [0.15, 0.2) is 5.65 Å². The molecule has 0 aliphatic heterocycles. The minimum atomic E-state index is -3.45. The second-order valence-corrected chi connectivity index (χ2v) is 9.89. The van der Waals surface area contributed by atoms with Crippen molar-refractivity contribution >= 4 is 38.5 Å². The Hall–Kier alpha value is -3.04. The van der Waals surface area contributed by atoms with E-state index in [2.05, 4.69) is 14.8 Å². The summed E-state index contributed by atoms with van der Waals surface area (Å²) in [5.41, 5.74) is 2.79. The van der Waals surface area contributed by atoms with Gasteiger partial charge in [-0.25, -0.2) is 17.9 Å². The van der Waals surface area contributed by atoms with Crippen LogP contribution < -0.4 is 4.72 Å². The first-order valence-electron chi connectivity index (χ1n) is 8.90. The van der Waals surface area contributed by atoms with E-state index in [0.29, 0.717) is 27.5 Å². The van der Waals surface area contributed by atoms with E-state index in [4.69, 9.17) is 0 Å². The second kappa shape index (κ2) is 7.41. The molecule has 9 heteroatoms. The highest BCUT2D eigenvalue weighted by Crippen LogP contribution is 2.26. The molecule has 0 unspecified atom stereocenters. The Labute approximate surface area is 172 Å². The molecule has 0 saturated carbocycles. The number of rotatable bonds is 6. The lowest BCUT2D eigenvalue weighted by Gasteiger charge is -2.12. The highest BCUT2D eigenvalue weighted by molar-refractivity contribution is 7.93. The summed E-state index contributed by atoms with van der Waals surface area (Å²) < 4.78 is 28.5. The highest BCUT2D eigenvalue weighted by atomic mass is 32.2. The number of fused-ring (bicyclic) bond motifs is 1. The van der Waals surface area contributed by atoms with E-state index in [1.807, 2.05) is 17.5 Å². The van der Waals surface area contributed by atoms with Gasteiger partial charge in [0.1, 0.15) is 0 Å². The first-order valence-corrected chi connectivity index (χ1v) is 11.3. The van der Waals surface area contributed by atoms with Gasteiger partial charge in [0, 0.05) is 17.4 Å². The Morgan fingerprint density at radius 1 is 1.17 bits per heavy atom. The molecule has 0 spiro atoms. The van der Waals surface area contributed by atoms with E-state index in [9.17, 15) is 13.2 Å². The van der Waals surface area contributed by atoms with Crippen LogP contribution >= 0.6 is 11.3 Å². The maximum atomic E-state index is 12.7. The van der Waals surface area contributed by atoms with Gasteiger partial charge in [0.2, 0.25) is 15.8 Å². The number of hydrogen-bond donors (Lipinski definition) is 1. The summed E-state index contributed by atoms with van der Waals surface area (Å²) in [7, 11) is -3.45. The molecule has 0 bridgehead atoms. The topological polar surface area (TPSA) is 93.4 Å². The Bertz CT molecular complexity index is 1290. The molecule has 148 valence electrons. The number of nitrogens with one attached hydrogen (secondary N) is 1. The summed E-state index contributed by atoms with van der Waals surface area (Å²) in [6, 6.07) is 12.4. The molecule has 1 N–H and O–H groups in total. The van der Waals surface area contributed by atoms with Crippen LogP contribution in [0.5, 0.6) is 0 Å². The molecule has 0 radical (unpaired) electrons. The molecule has 0 aliphatic carbocycles. The molecule has 0 atom stereocenters. The van der Waals surface area contributed by atoms with E-state index in [1.165, 1.54) is 17.5 Å². The van der Waals surface area contributed by atoms with Gasteiger partial charge in [0.25, 0.3) is 0 Å². The molecule has 29 heavy (non-hydrogen) atoms. The van der Waals surface area contributed by atoms with Crippen LogP contribution in [0.4, 0.5) is 5.69 Å². The monoisotopic (exact) mass is 426 g/mol. The fraction of sp³-hybridized carbons (Fsp3) is 0.150. The van der Waals surface area contributed by atoms with E-state index in [1.54, 1.807) is 54.9 Å². The quantitative estimate of drug-likeness (QED) is 0.473. The van der Waals surface area contributed by atoms with Crippen LogP contribution in [0.2, 0.25) is 0 Å². The summed E-state index contributed by atoms with van der Waals surface area (Å²) in [4.78, 5) is 17.7. The Morgan fingerprint density at radius 2 is 2.00 bits per heavy atom. The van der Waals surface area contributed by atoms with Crippen molar-refractivity contribution in [2.24, 2.45) is 0 Å². The van der Waals surface area contributed by atoms with Gasteiger partial charge in [-0.1, -0.05) is 18.2 Å². The number of aromatic nitrogens is 3. The lowest BCUT2D eigenvalue weighted by atomic mass is 10.1. The first kappa shape index (κ1) is 19.3. The van der Waals surface area contributed by atoms with Gasteiger partial charge in [-0.3, -0.25) is 9.52 Å². The van der Waals surface area contributed by atoms with Crippen LogP contribution in [-0.4, -0.2) is 34.0 Å². The van der Waals surface area contributed by atoms with Crippen molar-refractivity contribution < 1.29 is 13.2 Å². The lowest BCUT2D eigenvalue weighted by molar-refractivity contribution is 0.104. The molecule has 0 saturated heterocycles. The van der Waals surface area contributed by atoms with Crippen LogP contribution in [0.3, 0.4) is 0 Å². The average Bonchev–Trinajstić information content (AvgIpc) is 3.37. The maximum absolute atomic E-state index is 12.7. The number of sulfonamides is 1. The normalized spacial score (nSPS) is 11.8. The molecule has 1 aromatic carbocycles. The second-order valence-electron chi connectivity index (χ2n) is 6.71. The van der Waals surface area contributed by atoms with E-state index in [-0.39, 0.29) is 5.78 Å². The summed E-state index contributed by atoms with van der Waals surface area (Å²) in [6.45, 7) is 3.24. The van der Waals surface area contributed by atoms with Crippen LogP contribution in [0, 0.1) is 0 Å². The van der Waals surface area contributed by atoms with E-state index in [0.717, 1.165) is 5.56 Å². The number of thiophene rings is 1. The third-order valence-electron chi connectivity index (χ3n) is 4.43. The first-order chi connectivity index (χ1) is 13.9. The van der Waals surface area contributed by atoms with Gasteiger partial charge < -0.3 is 0 Å². The molecular weight excluding hydrogens is 408 g/mol. The Morgan fingerprint density at radius 3 is 2.72 bits per heavy atom. The van der Waals surface area contributed by atoms with Crippen molar-refractivity contribution in [1.29, 1.82) is 0 Å². The van der Waals surface area contributed by atoms with Gasteiger partial charge >= 0.3 is 0 Å². The largest absolute Gasteiger partial charge is 0.287 e. The molecule has 4 rings (SSSR count). The zero-order valence-electron chi connectivity index (χ0n) is 15.7. The standard InChI is InChI=1S/C20H18N4O3S2/c1-13(2)29(26,27)23-15-6-3-5-14(11-15)17-8-9-21-20-16(12-22-24(17)20)19(25)18-7-4-10-28-18/h3-13,23H,1-2H3. The van der Waals surface area contributed by atoms with Gasteiger partial charge in [0.05, 0.1) is 27.6 Å². The van der Waals surface area contributed by atoms with Crippen molar-refractivity contribution in [3.63, 3.8) is 0 Å². The molecule has 0 amide bonds. The van der Waals surface area contributed by atoms with Crippen molar-refractivity contribution in [2.45, 2.75) is 19.1 Å². The van der Waals surface area contributed by atoms with Gasteiger partial charge in [-0.2, -0.15) is 5.10 Å². The van der Waals surface area contributed by atoms with Crippen LogP contribution in [0.25, 0.3) is 16.9 Å². The zero-order chi connectivity index (χ0) is 20.6. The number of benzene rings is 1. The fourth-order valence-corrected chi connectivity index (χ4v) is 4.20. The lowest BCUT2D eigenvalue weighted by Crippen LogP contribution is -2.22. The number of carbonyl (C=O) groups excluding carboxylic acids is 1. The average molecular weight is 427 g/mol. The third-order valence-corrected chi connectivity index (χ3v) is 7.06. The molecule has 7 nitrogen and oxygen atoms in total. The zero-order valence-corrected chi connectivity index (χ0v) is 17.4. The molecule has 3 heterocycles. The minimum Gasteiger partial charge on any atom is -0.287 e. The minimum absolute atomic E-state index is 0.127. The van der Waals surface area contributed by atoms with Crippen molar-refractivity contribution in [2.75, 3.05) is 4.72 Å². The van der Waals surface area contributed by atoms with Crippen LogP contribution in [0.15, 0.2) is 60.2 Å². The van der Waals surface area contributed by atoms with E-state index >= 15 is 0 Å². The third kappa shape index (κ3) is 3.66. The number of ketones is 1. The van der Waals surface area contributed by atoms with Crippen molar-refractivity contribution in [3.8, 4) is 11.3 Å². The molecule has 0 aliphatic rings. The summed E-state index contributed by atoms with van der Waals surface area (Å²) in [5.74, 6) is -0.127. The Balaban J connectivity index is 1.76. The summed E-state index contributed by atoms with van der Waals surface area (Å²) >= 11 is 1.37. The molecule has 4 aromatic rings.